The molecule has 0 aliphatic carbocycles. The number of hydrogen-bond donors (Lipinski definition) is 2. The van der Waals surface area contributed by atoms with E-state index in [0.717, 1.165) is 11.1 Å². The summed E-state index contributed by atoms with van der Waals surface area (Å²) in [6.45, 7) is 6.60. The topological polar surface area (TPSA) is 58.6 Å². The number of methoxy groups -OCH3 is 1. The number of carbonyl (C=O) groups is 1. The Hall–Kier alpha value is -1.71. The quantitative estimate of drug-likeness (QED) is 0.849. The van der Waals surface area contributed by atoms with E-state index in [1.807, 2.05) is 18.2 Å². The number of rotatable bonds is 3. The van der Waals surface area contributed by atoms with Crippen molar-refractivity contribution in [3.8, 4) is 5.75 Å². The lowest BCUT2D eigenvalue weighted by Crippen LogP contribution is -2.21. The van der Waals surface area contributed by atoms with Crippen molar-refractivity contribution in [3.05, 3.63) is 29.3 Å². The molecule has 1 amide bonds. The second kappa shape index (κ2) is 5.08. The van der Waals surface area contributed by atoms with Gasteiger partial charge in [0.2, 0.25) is 0 Å². The van der Waals surface area contributed by atoms with Gasteiger partial charge in [-0.3, -0.25) is 0 Å². The zero-order chi connectivity index (χ0) is 13.1. The van der Waals surface area contributed by atoms with Gasteiger partial charge in [-0.25, -0.2) is 4.79 Å². The van der Waals surface area contributed by atoms with Crippen LogP contribution in [0.4, 0.5) is 4.79 Å². The molecule has 4 nitrogen and oxygen atoms in total. The van der Waals surface area contributed by atoms with Gasteiger partial charge >= 0.3 is 6.09 Å². The summed E-state index contributed by atoms with van der Waals surface area (Å²) < 4.78 is 5.21. The molecular weight excluding hydrogens is 218 g/mol. The Labute approximate surface area is 102 Å². The molecule has 94 valence electrons. The molecular formula is C13H19NO3. The second-order valence-corrected chi connectivity index (χ2v) is 4.94. The highest BCUT2D eigenvalue weighted by molar-refractivity contribution is 5.64. The molecule has 1 aromatic carbocycles. The normalized spacial score (nSPS) is 11.1. The van der Waals surface area contributed by atoms with E-state index in [9.17, 15) is 4.79 Å². The van der Waals surface area contributed by atoms with Gasteiger partial charge in [-0.1, -0.05) is 26.8 Å². The predicted octanol–water partition coefficient (Wildman–Crippen LogP) is 2.76. The maximum absolute atomic E-state index is 10.5. The van der Waals surface area contributed by atoms with Crippen molar-refractivity contribution in [1.82, 2.24) is 5.32 Å². The fourth-order valence-corrected chi connectivity index (χ4v) is 1.55. The minimum absolute atomic E-state index is 0.0320. The van der Waals surface area contributed by atoms with Crippen LogP contribution in [0.2, 0.25) is 0 Å². The summed E-state index contributed by atoms with van der Waals surface area (Å²) >= 11 is 0. The summed E-state index contributed by atoms with van der Waals surface area (Å²) in [5, 5.41) is 11.0. The van der Waals surface area contributed by atoms with E-state index in [1.54, 1.807) is 7.11 Å². The van der Waals surface area contributed by atoms with E-state index in [2.05, 4.69) is 26.1 Å². The minimum Gasteiger partial charge on any atom is -0.496 e. The highest BCUT2D eigenvalue weighted by atomic mass is 16.5. The molecule has 0 aliphatic rings. The van der Waals surface area contributed by atoms with Gasteiger partial charge in [0.05, 0.1) is 7.11 Å². The first-order valence-electron chi connectivity index (χ1n) is 5.49. The first-order valence-corrected chi connectivity index (χ1v) is 5.49. The Morgan fingerprint density at radius 1 is 1.41 bits per heavy atom. The largest absolute Gasteiger partial charge is 0.496 e. The first kappa shape index (κ1) is 13.4. The van der Waals surface area contributed by atoms with Crippen LogP contribution in [0.5, 0.6) is 5.75 Å². The van der Waals surface area contributed by atoms with Gasteiger partial charge in [-0.05, 0) is 23.1 Å². The van der Waals surface area contributed by atoms with Gasteiger partial charge in [0.1, 0.15) is 5.75 Å². The highest BCUT2D eigenvalue weighted by Gasteiger charge is 2.15. The standard InChI is InChI=1S/C13H19NO3/c1-13(2,3)10-5-6-11(17-4)9(7-10)8-14-12(15)16/h5-7,14H,8H2,1-4H3,(H,15,16). The van der Waals surface area contributed by atoms with E-state index in [1.165, 1.54) is 0 Å². The third-order valence-electron chi connectivity index (χ3n) is 2.58. The molecule has 0 radical (unpaired) electrons. The van der Waals surface area contributed by atoms with Crippen molar-refractivity contribution in [3.63, 3.8) is 0 Å². The summed E-state index contributed by atoms with van der Waals surface area (Å²) in [6.07, 6.45) is -1.03. The molecule has 1 aromatic rings. The zero-order valence-electron chi connectivity index (χ0n) is 10.7. The highest BCUT2D eigenvalue weighted by Crippen LogP contribution is 2.27. The molecule has 0 atom stereocenters. The Kier molecular flexibility index (Phi) is 3.99. The lowest BCUT2D eigenvalue weighted by molar-refractivity contribution is 0.194. The smallest absolute Gasteiger partial charge is 0.404 e. The minimum atomic E-state index is -1.03. The third kappa shape index (κ3) is 3.66. The number of hydrogen-bond acceptors (Lipinski definition) is 2. The Balaban J connectivity index is 3.02. The SMILES string of the molecule is COc1ccc(C(C)(C)C)cc1CNC(=O)O. The van der Waals surface area contributed by atoms with E-state index >= 15 is 0 Å². The Morgan fingerprint density at radius 3 is 2.53 bits per heavy atom. The molecule has 0 heterocycles. The number of carboxylic acid groups (broad SMARTS) is 1. The maximum atomic E-state index is 10.5. The van der Waals surface area contributed by atoms with E-state index in [4.69, 9.17) is 9.84 Å². The van der Waals surface area contributed by atoms with Crippen LogP contribution in [0, 0.1) is 0 Å². The Morgan fingerprint density at radius 2 is 2.06 bits per heavy atom. The van der Waals surface area contributed by atoms with Crippen molar-refractivity contribution >= 4 is 6.09 Å². The van der Waals surface area contributed by atoms with Crippen LogP contribution < -0.4 is 10.1 Å². The second-order valence-electron chi connectivity index (χ2n) is 4.94. The molecule has 1 rings (SSSR count). The molecule has 0 aromatic heterocycles. The summed E-state index contributed by atoms with van der Waals surface area (Å²) in [5.74, 6) is 0.701. The van der Waals surface area contributed by atoms with Crippen molar-refractivity contribution in [1.29, 1.82) is 0 Å². The monoisotopic (exact) mass is 237 g/mol. The van der Waals surface area contributed by atoms with Gasteiger partial charge in [0, 0.05) is 12.1 Å². The summed E-state index contributed by atoms with van der Waals surface area (Å²) in [6, 6.07) is 5.86. The van der Waals surface area contributed by atoms with E-state index < -0.39 is 6.09 Å². The van der Waals surface area contributed by atoms with Crippen molar-refractivity contribution in [2.45, 2.75) is 32.7 Å². The number of benzene rings is 1. The summed E-state index contributed by atoms with van der Waals surface area (Å²) in [5.41, 5.74) is 2.03. The molecule has 17 heavy (non-hydrogen) atoms. The van der Waals surface area contributed by atoms with Gasteiger partial charge in [0.25, 0.3) is 0 Å². The number of amides is 1. The van der Waals surface area contributed by atoms with Gasteiger partial charge in [-0.15, -0.1) is 0 Å². The molecule has 4 heteroatoms. The Bertz CT molecular complexity index is 408. The van der Waals surface area contributed by atoms with E-state index in [0.29, 0.717) is 5.75 Å². The van der Waals surface area contributed by atoms with Crippen LogP contribution in [-0.4, -0.2) is 18.3 Å². The van der Waals surface area contributed by atoms with Crippen LogP contribution >= 0.6 is 0 Å². The average molecular weight is 237 g/mol. The van der Waals surface area contributed by atoms with Crippen molar-refractivity contribution in [2.24, 2.45) is 0 Å². The van der Waals surface area contributed by atoms with Crippen molar-refractivity contribution in [2.75, 3.05) is 7.11 Å². The molecule has 2 N–H and O–H groups in total. The van der Waals surface area contributed by atoms with Crippen LogP contribution in [0.1, 0.15) is 31.9 Å². The molecule has 0 saturated carbocycles. The van der Waals surface area contributed by atoms with Crippen LogP contribution in [-0.2, 0) is 12.0 Å². The molecule has 0 bridgehead atoms. The lowest BCUT2D eigenvalue weighted by atomic mass is 9.86. The van der Waals surface area contributed by atoms with E-state index in [-0.39, 0.29) is 12.0 Å². The van der Waals surface area contributed by atoms with Crippen LogP contribution in [0.25, 0.3) is 0 Å². The average Bonchev–Trinajstić information content (AvgIpc) is 2.24. The van der Waals surface area contributed by atoms with Gasteiger partial charge in [0.15, 0.2) is 0 Å². The fourth-order valence-electron chi connectivity index (χ4n) is 1.55. The number of ether oxygens (including phenoxy) is 1. The van der Waals surface area contributed by atoms with Crippen LogP contribution in [0.3, 0.4) is 0 Å². The summed E-state index contributed by atoms with van der Waals surface area (Å²) in [7, 11) is 1.58. The third-order valence-corrected chi connectivity index (χ3v) is 2.58. The van der Waals surface area contributed by atoms with Gasteiger partial charge in [-0.2, -0.15) is 0 Å². The van der Waals surface area contributed by atoms with Crippen molar-refractivity contribution < 1.29 is 14.6 Å². The molecule has 0 aliphatic heterocycles. The molecule has 0 fully saturated rings. The fraction of sp³-hybridized carbons (Fsp3) is 0.462. The molecule has 0 spiro atoms. The molecule has 0 saturated heterocycles. The van der Waals surface area contributed by atoms with Crippen LogP contribution in [0.15, 0.2) is 18.2 Å². The molecule has 0 unspecified atom stereocenters. The van der Waals surface area contributed by atoms with Gasteiger partial charge < -0.3 is 15.2 Å². The zero-order valence-corrected chi connectivity index (χ0v) is 10.7. The first-order chi connectivity index (χ1) is 7.84. The number of nitrogens with one attached hydrogen (secondary N) is 1. The predicted molar refractivity (Wildman–Crippen MR) is 66.6 cm³/mol. The lowest BCUT2D eigenvalue weighted by Gasteiger charge is -2.21. The summed E-state index contributed by atoms with van der Waals surface area (Å²) in [4.78, 5) is 10.5. The maximum Gasteiger partial charge on any atom is 0.404 e.